The molecule has 110 valence electrons. The molecule has 0 bridgehead atoms. The lowest BCUT2D eigenvalue weighted by Gasteiger charge is -2.14. The number of carbonyl (C=O) groups is 1. The van der Waals surface area contributed by atoms with Gasteiger partial charge in [-0.1, -0.05) is 25.1 Å². The Balaban J connectivity index is 1.99. The van der Waals surface area contributed by atoms with Crippen LogP contribution >= 0.6 is 0 Å². The van der Waals surface area contributed by atoms with Gasteiger partial charge < -0.3 is 15.5 Å². The summed E-state index contributed by atoms with van der Waals surface area (Å²) in [5, 5.41) is 5.66. The zero-order valence-corrected chi connectivity index (χ0v) is 12.7. The molecule has 0 spiro atoms. The summed E-state index contributed by atoms with van der Waals surface area (Å²) in [5.74, 6) is 0. The van der Waals surface area contributed by atoms with E-state index in [1.165, 1.54) is 5.56 Å². The predicted octanol–water partition coefficient (Wildman–Crippen LogP) is 3.96. The van der Waals surface area contributed by atoms with Crippen LogP contribution in [0.25, 0.3) is 0 Å². The Morgan fingerprint density at radius 2 is 1.67 bits per heavy atom. The van der Waals surface area contributed by atoms with E-state index < -0.39 is 0 Å². The fraction of sp³-hybridized carbons (Fsp3) is 0.235. The Morgan fingerprint density at radius 3 is 2.29 bits per heavy atom. The molecule has 2 N–H and O–H groups in total. The van der Waals surface area contributed by atoms with Gasteiger partial charge in [0.25, 0.3) is 0 Å². The number of anilines is 3. The maximum atomic E-state index is 12.0. The Labute approximate surface area is 125 Å². The highest BCUT2D eigenvalue weighted by atomic mass is 16.2. The minimum atomic E-state index is -0.241. The van der Waals surface area contributed by atoms with Crippen molar-refractivity contribution in [3.63, 3.8) is 0 Å². The van der Waals surface area contributed by atoms with Crippen molar-refractivity contribution in [2.24, 2.45) is 0 Å². The van der Waals surface area contributed by atoms with Crippen LogP contribution in [-0.4, -0.2) is 20.1 Å². The van der Waals surface area contributed by atoms with E-state index >= 15 is 0 Å². The Kier molecular flexibility index (Phi) is 4.82. The van der Waals surface area contributed by atoms with Crippen molar-refractivity contribution in [1.29, 1.82) is 0 Å². The van der Waals surface area contributed by atoms with Crippen molar-refractivity contribution in [2.75, 3.05) is 29.6 Å². The van der Waals surface area contributed by atoms with Gasteiger partial charge in [-0.25, -0.2) is 4.79 Å². The molecule has 21 heavy (non-hydrogen) atoms. The fourth-order valence-corrected chi connectivity index (χ4v) is 1.98. The number of rotatable bonds is 4. The number of nitrogens with zero attached hydrogens (tertiary/aromatic N) is 1. The topological polar surface area (TPSA) is 44.4 Å². The first-order valence-corrected chi connectivity index (χ1v) is 7.03. The maximum Gasteiger partial charge on any atom is 0.323 e. The second-order valence-electron chi connectivity index (χ2n) is 5.07. The fourth-order valence-electron chi connectivity index (χ4n) is 1.98. The lowest BCUT2D eigenvalue weighted by Crippen LogP contribution is -2.19. The lowest BCUT2D eigenvalue weighted by molar-refractivity contribution is 0.262. The average molecular weight is 283 g/mol. The van der Waals surface area contributed by atoms with Crippen LogP contribution in [0, 0.1) is 0 Å². The molecule has 0 aliphatic heterocycles. The first kappa shape index (κ1) is 14.9. The van der Waals surface area contributed by atoms with E-state index in [1.807, 2.05) is 67.5 Å². The third-order valence-corrected chi connectivity index (χ3v) is 3.24. The molecule has 2 amide bonds. The summed E-state index contributed by atoms with van der Waals surface area (Å²) in [6.07, 6.45) is 0.990. The number of amides is 2. The Bertz CT molecular complexity index is 606. The lowest BCUT2D eigenvalue weighted by atomic mass is 10.1. The SMILES string of the molecule is CCc1ccc(NC(=O)Nc2cccc(N(C)C)c2)cc1. The largest absolute Gasteiger partial charge is 0.378 e. The number of aryl methyl sites for hydroxylation is 1. The van der Waals surface area contributed by atoms with Gasteiger partial charge in [-0.15, -0.1) is 0 Å². The first-order chi connectivity index (χ1) is 10.1. The van der Waals surface area contributed by atoms with Crippen LogP contribution in [0.1, 0.15) is 12.5 Å². The van der Waals surface area contributed by atoms with Gasteiger partial charge in [0.05, 0.1) is 0 Å². The Morgan fingerprint density at radius 1 is 1.00 bits per heavy atom. The number of nitrogens with one attached hydrogen (secondary N) is 2. The molecule has 0 radical (unpaired) electrons. The molecule has 0 fully saturated rings. The maximum absolute atomic E-state index is 12.0. The second-order valence-corrected chi connectivity index (χ2v) is 5.07. The molecular weight excluding hydrogens is 262 g/mol. The van der Waals surface area contributed by atoms with Crippen molar-refractivity contribution in [3.8, 4) is 0 Å². The van der Waals surface area contributed by atoms with Crippen molar-refractivity contribution in [2.45, 2.75) is 13.3 Å². The molecule has 2 rings (SSSR count). The van der Waals surface area contributed by atoms with Gasteiger partial charge in [0.15, 0.2) is 0 Å². The molecule has 4 nitrogen and oxygen atoms in total. The minimum absolute atomic E-state index is 0.241. The number of hydrogen-bond acceptors (Lipinski definition) is 2. The van der Waals surface area contributed by atoms with Crippen LogP contribution in [-0.2, 0) is 6.42 Å². The van der Waals surface area contributed by atoms with Crippen LogP contribution in [0.3, 0.4) is 0 Å². The summed E-state index contributed by atoms with van der Waals surface area (Å²) < 4.78 is 0. The molecule has 0 heterocycles. The van der Waals surface area contributed by atoms with E-state index in [4.69, 9.17) is 0 Å². The highest BCUT2D eigenvalue weighted by Gasteiger charge is 2.04. The number of benzene rings is 2. The van der Waals surface area contributed by atoms with E-state index in [9.17, 15) is 4.79 Å². The van der Waals surface area contributed by atoms with Crippen LogP contribution in [0.5, 0.6) is 0 Å². The number of hydrogen-bond donors (Lipinski definition) is 2. The van der Waals surface area contributed by atoms with Crippen LogP contribution < -0.4 is 15.5 Å². The highest BCUT2D eigenvalue weighted by Crippen LogP contribution is 2.17. The monoisotopic (exact) mass is 283 g/mol. The van der Waals surface area contributed by atoms with Gasteiger partial charge >= 0.3 is 6.03 Å². The third kappa shape index (κ3) is 4.24. The van der Waals surface area contributed by atoms with Gasteiger partial charge in [-0.05, 0) is 42.3 Å². The molecule has 0 saturated carbocycles. The summed E-state index contributed by atoms with van der Waals surface area (Å²) in [6, 6.07) is 15.3. The van der Waals surface area contributed by atoms with Crippen LogP contribution in [0.4, 0.5) is 21.9 Å². The molecule has 0 saturated heterocycles. The third-order valence-electron chi connectivity index (χ3n) is 3.24. The van der Waals surface area contributed by atoms with E-state index in [2.05, 4.69) is 17.6 Å². The Hall–Kier alpha value is -2.49. The highest BCUT2D eigenvalue weighted by molar-refractivity contribution is 6.00. The number of carbonyl (C=O) groups excluding carboxylic acids is 1. The standard InChI is InChI=1S/C17H21N3O/c1-4-13-8-10-14(11-9-13)18-17(21)19-15-6-5-7-16(12-15)20(2)3/h5-12H,4H2,1-3H3,(H2,18,19,21). The first-order valence-electron chi connectivity index (χ1n) is 7.03. The zero-order chi connectivity index (χ0) is 15.2. The smallest absolute Gasteiger partial charge is 0.323 e. The van der Waals surface area contributed by atoms with Gasteiger partial charge in [0.2, 0.25) is 0 Å². The van der Waals surface area contributed by atoms with Crippen molar-refractivity contribution < 1.29 is 4.79 Å². The van der Waals surface area contributed by atoms with E-state index in [-0.39, 0.29) is 6.03 Å². The van der Waals surface area contributed by atoms with Crippen molar-refractivity contribution >= 4 is 23.1 Å². The van der Waals surface area contributed by atoms with Crippen LogP contribution in [0.15, 0.2) is 48.5 Å². The molecule has 2 aromatic rings. The number of urea groups is 1. The summed E-state index contributed by atoms with van der Waals surface area (Å²) in [6.45, 7) is 2.10. The summed E-state index contributed by atoms with van der Waals surface area (Å²) in [7, 11) is 3.93. The predicted molar refractivity (Wildman–Crippen MR) is 89.2 cm³/mol. The minimum Gasteiger partial charge on any atom is -0.378 e. The van der Waals surface area contributed by atoms with Gasteiger partial charge in [0.1, 0.15) is 0 Å². The molecule has 2 aromatic carbocycles. The molecular formula is C17H21N3O. The molecule has 0 aromatic heterocycles. The van der Waals surface area contributed by atoms with Gasteiger partial charge in [0, 0.05) is 31.2 Å². The van der Waals surface area contributed by atoms with Gasteiger partial charge in [-0.2, -0.15) is 0 Å². The summed E-state index contributed by atoms with van der Waals surface area (Å²) >= 11 is 0. The summed E-state index contributed by atoms with van der Waals surface area (Å²) in [5.41, 5.74) is 3.84. The quantitative estimate of drug-likeness (QED) is 0.892. The molecule has 4 heteroatoms. The van der Waals surface area contributed by atoms with Crippen LogP contribution in [0.2, 0.25) is 0 Å². The van der Waals surface area contributed by atoms with E-state index in [0.29, 0.717) is 0 Å². The van der Waals surface area contributed by atoms with Crippen molar-refractivity contribution in [3.05, 3.63) is 54.1 Å². The molecule has 0 unspecified atom stereocenters. The second kappa shape index (κ2) is 6.79. The molecule has 0 aliphatic rings. The van der Waals surface area contributed by atoms with Crippen molar-refractivity contribution in [1.82, 2.24) is 0 Å². The van der Waals surface area contributed by atoms with E-state index in [1.54, 1.807) is 0 Å². The normalized spacial score (nSPS) is 10.0. The molecule has 0 aliphatic carbocycles. The van der Waals surface area contributed by atoms with E-state index in [0.717, 1.165) is 23.5 Å². The summed E-state index contributed by atoms with van der Waals surface area (Å²) in [4.78, 5) is 14.0. The van der Waals surface area contributed by atoms with Gasteiger partial charge in [-0.3, -0.25) is 0 Å². The molecule has 0 atom stereocenters. The average Bonchev–Trinajstić information content (AvgIpc) is 2.48. The zero-order valence-electron chi connectivity index (χ0n) is 12.7.